The lowest BCUT2D eigenvalue weighted by Crippen LogP contribution is -2.47. The summed E-state index contributed by atoms with van der Waals surface area (Å²) in [7, 11) is 0. The Morgan fingerprint density at radius 2 is 1.16 bits per heavy atom. The molecule has 0 aliphatic heterocycles. The van der Waals surface area contributed by atoms with E-state index in [9.17, 15) is 19.2 Å². The van der Waals surface area contributed by atoms with Gasteiger partial charge in [-0.25, -0.2) is 4.79 Å². The normalized spacial score (nSPS) is 12.9. The van der Waals surface area contributed by atoms with Gasteiger partial charge in [0.05, 0.1) is 13.2 Å². The van der Waals surface area contributed by atoms with Crippen molar-refractivity contribution in [3.63, 3.8) is 0 Å². The summed E-state index contributed by atoms with van der Waals surface area (Å²) in [5, 5.41) is 22.5. The van der Waals surface area contributed by atoms with Crippen molar-refractivity contribution in [2.45, 2.75) is 180 Å². The van der Waals surface area contributed by atoms with E-state index in [1.54, 1.807) is 0 Å². The average molecular weight is 691 g/mol. The zero-order valence-corrected chi connectivity index (χ0v) is 30.9. The molecule has 0 aromatic carbocycles. The molecule has 0 saturated heterocycles. The van der Waals surface area contributed by atoms with Crippen molar-refractivity contribution in [3.05, 3.63) is 36.5 Å². The van der Waals surface area contributed by atoms with Gasteiger partial charge in [0.25, 0.3) is 0 Å². The molecular formula is C40H70N2O7. The Kier molecular flexibility index (Phi) is 32.8. The van der Waals surface area contributed by atoms with Crippen molar-refractivity contribution in [2.75, 3.05) is 13.2 Å². The maximum Gasteiger partial charge on any atom is 0.328 e. The van der Waals surface area contributed by atoms with Crippen molar-refractivity contribution >= 4 is 23.8 Å². The zero-order chi connectivity index (χ0) is 36.2. The predicted octanol–water partition coefficient (Wildman–Crippen LogP) is 8.65. The van der Waals surface area contributed by atoms with Crippen LogP contribution in [0.3, 0.4) is 0 Å². The molecule has 0 fully saturated rings. The van der Waals surface area contributed by atoms with Crippen LogP contribution >= 0.6 is 0 Å². The molecule has 0 heterocycles. The number of nitrogens with one attached hydrogen (secondary N) is 2. The summed E-state index contributed by atoms with van der Waals surface area (Å²) in [4.78, 5) is 47.3. The largest absolute Gasteiger partial charge is 0.480 e. The van der Waals surface area contributed by atoms with Gasteiger partial charge in [-0.1, -0.05) is 108 Å². The standard InChI is InChI=1S/C40H70N2O7/c1-3-5-7-9-11-13-15-16-18-21-25-29-35(49-39(46)32-28-24-19-17-14-12-10-8-6-4-2)30-26-22-20-23-27-31-37(44)41-33-38(45)42-36(34-43)40(47)48/h8,10-11,13,16,18,35-36,43H,3-7,9,12,14-15,17,19-34H2,1-2H3,(H,41,44)(H,42,45)(H,47,48)/b10-8-,13-11-,18-16-. The third kappa shape index (κ3) is 32.0. The molecule has 49 heavy (non-hydrogen) atoms. The van der Waals surface area contributed by atoms with Gasteiger partial charge in [0.15, 0.2) is 0 Å². The highest BCUT2D eigenvalue weighted by Crippen LogP contribution is 2.17. The second-order valence-corrected chi connectivity index (χ2v) is 13.0. The first-order valence-corrected chi connectivity index (χ1v) is 19.4. The zero-order valence-electron chi connectivity index (χ0n) is 30.9. The molecule has 9 heteroatoms. The molecule has 0 saturated carbocycles. The summed E-state index contributed by atoms with van der Waals surface area (Å²) < 4.78 is 5.96. The topological polar surface area (TPSA) is 142 Å². The number of carbonyl (C=O) groups is 4. The number of ether oxygens (including phenoxy) is 1. The van der Waals surface area contributed by atoms with Crippen LogP contribution in [0.15, 0.2) is 36.5 Å². The lowest BCUT2D eigenvalue weighted by Gasteiger charge is -2.18. The molecule has 0 aromatic heterocycles. The van der Waals surface area contributed by atoms with Gasteiger partial charge in [-0.05, 0) is 83.5 Å². The predicted molar refractivity (Wildman–Crippen MR) is 199 cm³/mol. The minimum atomic E-state index is -1.38. The number of aliphatic hydroxyl groups is 1. The lowest BCUT2D eigenvalue weighted by molar-refractivity contribution is -0.150. The van der Waals surface area contributed by atoms with Gasteiger partial charge in [0, 0.05) is 12.8 Å². The van der Waals surface area contributed by atoms with Gasteiger partial charge in [-0.2, -0.15) is 0 Å². The van der Waals surface area contributed by atoms with E-state index in [1.165, 1.54) is 38.5 Å². The van der Waals surface area contributed by atoms with Crippen LogP contribution in [0, 0.1) is 0 Å². The Morgan fingerprint density at radius 3 is 1.82 bits per heavy atom. The summed E-state index contributed by atoms with van der Waals surface area (Å²) in [5.74, 6) is -2.34. The number of carboxylic acid groups (broad SMARTS) is 1. The van der Waals surface area contributed by atoms with E-state index in [4.69, 9.17) is 14.9 Å². The number of aliphatic carboxylic acids is 1. The first-order chi connectivity index (χ1) is 23.8. The molecule has 9 nitrogen and oxygen atoms in total. The van der Waals surface area contributed by atoms with E-state index in [0.29, 0.717) is 12.8 Å². The fourth-order valence-corrected chi connectivity index (χ4v) is 5.34. The van der Waals surface area contributed by atoms with E-state index in [-0.39, 0.29) is 30.9 Å². The van der Waals surface area contributed by atoms with Gasteiger partial charge in [-0.15, -0.1) is 0 Å². The van der Waals surface area contributed by atoms with Crippen molar-refractivity contribution < 1.29 is 34.1 Å². The molecule has 2 amide bonds. The number of hydrogen-bond acceptors (Lipinski definition) is 6. The van der Waals surface area contributed by atoms with Crippen LogP contribution in [0.1, 0.15) is 168 Å². The second kappa shape index (κ2) is 34.9. The summed E-state index contributed by atoms with van der Waals surface area (Å²) >= 11 is 0. The molecule has 4 N–H and O–H groups in total. The molecule has 0 radical (unpaired) electrons. The minimum absolute atomic E-state index is 0.0576. The number of amides is 2. The summed E-state index contributed by atoms with van der Waals surface area (Å²) in [5.41, 5.74) is 0. The first-order valence-electron chi connectivity index (χ1n) is 19.4. The molecular weight excluding hydrogens is 620 g/mol. The minimum Gasteiger partial charge on any atom is -0.480 e. The van der Waals surface area contributed by atoms with Crippen LogP contribution in [0.2, 0.25) is 0 Å². The fourth-order valence-electron chi connectivity index (χ4n) is 5.34. The molecule has 2 atom stereocenters. The molecule has 0 spiro atoms. The summed E-state index contributed by atoms with van der Waals surface area (Å²) in [6.07, 6.45) is 37.4. The van der Waals surface area contributed by atoms with Gasteiger partial charge in [0.2, 0.25) is 11.8 Å². The monoisotopic (exact) mass is 691 g/mol. The molecule has 0 aliphatic rings. The number of esters is 1. The summed E-state index contributed by atoms with van der Waals surface area (Å²) in [6.45, 7) is 3.37. The highest BCUT2D eigenvalue weighted by molar-refractivity contribution is 5.87. The van der Waals surface area contributed by atoms with Crippen LogP contribution in [0.25, 0.3) is 0 Å². The maximum atomic E-state index is 12.7. The SMILES string of the molecule is CCC/C=C\CCCCCCCC(=O)OC(CCC/C=C\C/C=C\CCCCC)CCCCCCCC(=O)NCC(=O)NC(CO)C(=O)O. The third-order valence-electron chi connectivity index (χ3n) is 8.34. The maximum absolute atomic E-state index is 12.7. The number of carboxylic acids is 1. The van der Waals surface area contributed by atoms with Crippen molar-refractivity contribution in [2.24, 2.45) is 0 Å². The van der Waals surface area contributed by atoms with Crippen molar-refractivity contribution in [3.8, 4) is 0 Å². The first kappa shape index (κ1) is 46.1. The number of aliphatic hydroxyl groups excluding tert-OH is 1. The molecule has 0 aromatic rings. The number of carbonyl (C=O) groups excluding carboxylic acids is 3. The molecule has 0 rings (SSSR count). The molecule has 0 bridgehead atoms. The van der Waals surface area contributed by atoms with Gasteiger partial charge in [-0.3, -0.25) is 14.4 Å². The highest BCUT2D eigenvalue weighted by atomic mass is 16.5. The number of allylic oxidation sites excluding steroid dienone is 6. The quantitative estimate of drug-likeness (QED) is 0.0301. The van der Waals surface area contributed by atoms with Crippen molar-refractivity contribution in [1.82, 2.24) is 10.6 Å². The molecule has 282 valence electrons. The van der Waals surface area contributed by atoms with Crippen LogP contribution in [0.5, 0.6) is 0 Å². The Hall–Kier alpha value is -2.94. The van der Waals surface area contributed by atoms with E-state index >= 15 is 0 Å². The third-order valence-corrected chi connectivity index (χ3v) is 8.34. The average Bonchev–Trinajstić information content (AvgIpc) is 3.08. The van der Waals surface area contributed by atoms with Crippen LogP contribution in [-0.4, -0.2) is 59.3 Å². The van der Waals surface area contributed by atoms with Gasteiger partial charge >= 0.3 is 11.9 Å². The fraction of sp³-hybridized carbons (Fsp3) is 0.750. The molecule has 0 aliphatic carbocycles. The van der Waals surface area contributed by atoms with Crippen LogP contribution in [0.4, 0.5) is 0 Å². The van der Waals surface area contributed by atoms with Gasteiger partial charge < -0.3 is 25.6 Å². The van der Waals surface area contributed by atoms with E-state index in [0.717, 1.165) is 96.3 Å². The Labute approximate surface area is 297 Å². The van der Waals surface area contributed by atoms with Crippen LogP contribution < -0.4 is 10.6 Å². The van der Waals surface area contributed by atoms with Crippen LogP contribution in [-0.2, 0) is 23.9 Å². The second-order valence-electron chi connectivity index (χ2n) is 13.0. The molecule has 2 unspecified atom stereocenters. The number of unbranched alkanes of at least 4 members (excludes halogenated alkanes) is 14. The smallest absolute Gasteiger partial charge is 0.328 e. The van der Waals surface area contributed by atoms with E-state index < -0.39 is 24.5 Å². The number of hydrogen-bond donors (Lipinski definition) is 4. The van der Waals surface area contributed by atoms with Gasteiger partial charge in [0.1, 0.15) is 12.1 Å². The van der Waals surface area contributed by atoms with E-state index in [2.05, 4.69) is 60.9 Å². The van der Waals surface area contributed by atoms with Crippen molar-refractivity contribution in [1.29, 1.82) is 0 Å². The Morgan fingerprint density at radius 1 is 0.612 bits per heavy atom. The Balaban J connectivity index is 4.38. The lowest BCUT2D eigenvalue weighted by atomic mass is 10.0. The van der Waals surface area contributed by atoms with E-state index in [1.807, 2.05) is 0 Å². The summed E-state index contributed by atoms with van der Waals surface area (Å²) in [6, 6.07) is -1.38. The highest BCUT2D eigenvalue weighted by Gasteiger charge is 2.19. The number of rotatable bonds is 34. The Bertz CT molecular complexity index is 932.